The number of hydrogen-bond acceptors (Lipinski definition) is 44. The zero-order chi connectivity index (χ0) is 103. The van der Waals surface area contributed by atoms with Crippen molar-refractivity contribution in [2.45, 2.75) is 152 Å². The Balaban J connectivity index is 0.000000191. The van der Waals surface area contributed by atoms with Crippen molar-refractivity contribution >= 4 is 161 Å². The van der Waals surface area contributed by atoms with Gasteiger partial charge in [-0.05, 0) is 102 Å². The summed E-state index contributed by atoms with van der Waals surface area (Å²) in [6.07, 6.45) is 9.59. The third-order valence-corrected chi connectivity index (χ3v) is 33.1. The van der Waals surface area contributed by atoms with Gasteiger partial charge in [-0.25, -0.2) is 61.9 Å². The minimum Gasteiger partial charge on any atom is -0.387 e. The monoisotopic (exact) mass is 2100 g/mol. The predicted molar refractivity (Wildman–Crippen MR) is 519 cm³/mol. The van der Waals surface area contributed by atoms with Gasteiger partial charge in [-0.15, -0.1) is 12.8 Å². The summed E-state index contributed by atoms with van der Waals surface area (Å²) in [6, 6.07) is 5.88. The Kier molecular flexibility index (Phi) is 38.4. The highest BCUT2D eigenvalue weighted by molar-refractivity contribution is 8.14. The number of H-pyrrole nitrogens is 1. The molecule has 0 radical (unpaired) electrons. The van der Waals surface area contributed by atoms with Crippen LogP contribution in [0.25, 0.3) is 45.1 Å². The van der Waals surface area contributed by atoms with Gasteiger partial charge in [0.05, 0.1) is 80.4 Å². The predicted octanol–water partition coefficient (Wildman–Crippen LogP) is 3.56. The molecule has 13 rings (SSSR count). The number of nitrogens with one attached hydrogen (secondary N) is 3. The molecule has 7 aromatic heterocycles. The van der Waals surface area contributed by atoms with Crippen LogP contribution in [0.15, 0.2) is 88.7 Å². The number of thioether (sulfide) groups is 4. The lowest BCUT2D eigenvalue weighted by Gasteiger charge is -2.35. The van der Waals surface area contributed by atoms with Crippen molar-refractivity contribution in [3.63, 3.8) is 0 Å². The Morgan fingerprint density at radius 3 is 1.30 bits per heavy atom. The first-order valence-electron chi connectivity index (χ1n) is 42.6. The Labute approximate surface area is 816 Å². The van der Waals surface area contributed by atoms with Crippen LogP contribution in [0.2, 0.25) is 0 Å². The van der Waals surface area contributed by atoms with E-state index in [-0.39, 0.29) is 90.5 Å². The molecule has 0 bridgehead atoms. The van der Waals surface area contributed by atoms with Gasteiger partial charge < -0.3 is 99.8 Å². The lowest BCUT2D eigenvalue weighted by molar-refractivity contribution is -0.109. The van der Waals surface area contributed by atoms with E-state index >= 15 is 0 Å². The zero-order valence-electron chi connectivity index (χ0n) is 79.0. The Morgan fingerprint density at radius 2 is 0.914 bits per heavy atom. The van der Waals surface area contributed by atoms with Gasteiger partial charge in [-0.2, -0.15) is 4.98 Å². The second-order valence-corrected chi connectivity index (χ2v) is 47.4. The number of nitrogens with zero attached hydrogens (tertiary/aromatic N) is 14. The van der Waals surface area contributed by atoms with Crippen molar-refractivity contribution in [2.24, 2.45) is 4.99 Å². The maximum Gasteiger partial charge on any atom is 0.407 e. The maximum atomic E-state index is 13.2. The highest BCUT2D eigenvalue weighted by Gasteiger charge is 2.59. The standard InChI is InChI=1S/C22H29N4O8PS.C21H30N5O7PS.C20H28N5O7PS.C20H29N4O8PS/c1-13(27)36-10-9-32-35(31,25(3)4)33-12-16-19(29)22(2,30)21(34-16)26-11-14-5-6-17(28)24-20-18(14)15(26)7-8-23-20;1-7-14-10-26(19-16(14)18(22-4)23-12-24-19)20-21(3,29)17(28)15(33-20)11-32-34(30,25(5)6)31-8-9-35-13(2)27;1-6-13-9-25(18-15(13)17(21)22-11-23-18)19-20(3,28)16(27)14(32-19)10-31-33(29,24(4)5)30-7-8-34-12(2)26;1-12-21-18-14(6-7-16(26)22-18)10-24(12)19-20(3,28)17(27)15(32-19)11-31-33(29,23(4)5)30-8-9-34-13(2)25/h5-8,11,16,19,21,29-30H,9-10,12H2,1-4H3,(H,23,24,28);1,10,12,15,17,20,28-29H,8-9,11H2,2-6H3,(H,22,23,24);1,9,11,14,16,19,27-28H,7-8,10H2,2-5H3,(H2,21,22,23);6-7,10,15,17,19,27-28H,1,8-9,11H2,2-5H3,(H,21,22,26)/t16-,19-,21-,22-,35?;15-,17-,20-,21-,34?;14-,16-,19-,20-,33?;15-,17-,19-,20-,33?/m1111/s1. The summed E-state index contributed by atoms with van der Waals surface area (Å²) in [5.41, 5.74) is 0.731. The molecule has 4 saturated heterocycles. The molecule has 13 heterocycles. The number of aliphatic hydroxyl groups is 8. The number of carbonyl (C=O) groups is 4. The number of nitrogens with two attached hydrogens (primary N) is 1. The van der Waals surface area contributed by atoms with Crippen molar-refractivity contribution < 1.29 is 133 Å². The molecule has 139 heavy (non-hydrogen) atoms. The van der Waals surface area contributed by atoms with Crippen LogP contribution in [0.4, 0.5) is 17.5 Å². The molecule has 20 atom stereocenters. The van der Waals surface area contributed by atoms with E-state index in [4.69, 9.17) is 73.7 Å². The normalized spacial score (nSPS) is 26.9. The van der Waals surface area contributed by atoms with Gasteiger partial charge >= 0.3 is 31.0 Å². The summed E-state index contributed by atoms with van der Waals surface area (Å²) in [5.74, 6) is 7.55. The van der Waals surface area contributed by atoms with Crippen molar-refractivity contribution in [1.82, 2.24) is 67.2 Å². The smallest absolute Gasteiger partial charge is 0.387 e. The molecule has 0 aromatic carbocycles. The zero-order valence-corrected chi connectivity index (χ0v) is 85.9. The van der Waals surface area contributed by atoms with Crippen molar-refractivity contribution in [2.75, 3.05) is 156 Å². The maximum absolute atomic E-state index is 13.2. The average molecular weight is 2100 g/mol. The number of carbonyl (C=O) groups excluding carboxylic acids is 4. The van der Waals surface area contributed by atoms with Crippen LogP contribution in [0, 0.1) is 24.7 Å². The van der Waals surface area contributed by atoms with Gasteiger partial charge in [0, 0.05) is 117 Å². The lowest BCUT2D eigenvalue weighted by atomic mass is 9.96. The number of nitrogen functional groups attached to an aromatic ring is 1. The molecule has 4 fully saturated rings. The quantitative estimate of drug-likeness (QED) is 0.0150. The van der Waals surface area contributed by atoms with Crippen molar-refractivity contribution in [1.29, 1.82) is 0 Å². The number of pyridine rings is 1. The van der Waals surface area contributed by atoms with Crippen LogP contribution in [0.3, 0.4) is 0 Å². The van der Waals surface area contributed by atoms with E-state index in [0.29, 0.717) is 95.0 Å². The summed E-state index contributed by atoms with van der Waals surface area (Å²) < 4.78 is 130. The second-order valence-electron chi connectivity index (χ2n) is 33.3. The molecule has 4 unspecified atom stereocenters. The topological polar surface area (TPSA) is 617 Å². The Bertz CT molecular complexity index is 6250. The van der Waals surface area contributed by atoms with E-state index in [9.17, 15) is 87.9 Å². The third kappa shape index (κ3) is 26.1. The average Bonchev–Trinajstić information content (AvgIpc) is 1.65. The molecule has 762 valence electrons. The molecule has 7 aromatic rings. The van der Waals surface area contributed by atoms with E-state index in [0.717, 1.165) is 47.0 Å². The highest BCUT2D eigenvalue weighted by atomic mass is 32.2. The first-order chi connectivity index (χ1) is 65.2. The van der Waals surface area contributed by atoms with E-state index in [2.05, 4.69) is 63.9 Å². The highest BCUT2D eigenvalue weighted by Crippen LogP contribution is 2.56. The SMILES string of the molecule is C#Cc1cn([C@@H]2O[C@H](COP(=O)(OCCSC(C)=O)N(C)C)[C@@H](O)[C@@]2(C)O)c2ncnc(N)c12.C#Cc1cn([C@@H]2O[C@H](COP(=O)(OCCSC(C)=O)N(C)C)[C@@H](O)[C@@]2(C)O)c2ncnc(NC)c12.C=C1N=c2[nH]c(=O)ccc2=CN1[C@@H]1O[C@H](COP(=O)(OCCSC(C)=O)N(C)C)[C@@H](O)[C@@]1(C)O.CC(=O)SCCOP(=O)(OC[C@H]1O[C@@H](n2cc3ccc(=O)nc4c3c2C=CN4)[C@](C)(O)[C@@H]1O)N(C)C. The van der Waals surface area contributed by atoms with Crippen LogP contribution in [-0.2, 0) is 92.6 Å². The molecule has 0 saturated carbocycles. The van der Waals surface area contributed by atoms with Gasteiger partial charge in [-0.1, -0.05) is 65.5 Å². The summed E-state index contributed by atoms with van der Waals surface area (Å²) >= 11 is 4.16. The van der Waals surface area contributed by atoms with Crippen LogP contribution in [-0.4, -0.2) is 345 Å². The molecule has 56 heteroatoms. The summed E-state index contributed by atoms with van der Waals surface area (Å²) in [4.78, 5) is 96.7. The Morgan fingerprint density at radius 1 is 0.540 bits per heavy atom. The minimum atomic E-state index is -3.74. The fourth-order valence-corrected chi connectivity index (χ4v) is 21.9. The number of hydrogen-bond donors (Lipinski definition) is 12. The number of ether oxygens (including phenoxy) is 4. The molecule has 0 amide bonds. The van der Waals surface area contributed by atoms with Crippen LogP contribution >= 0.6 is 78.0 Å². The molecule has 48 nitrogen and oxygen atoms in total. The number of aromatic nitrogens is 9. The molecule has 6 aliphatic rings. The van der Waals surface area contributed by atoms with E-state index < -0.39 is 133 Å². The van der Waals surface area contributed by atoms with E-state index in [1.165, 1.54) is 175 Å². The Hall–Kier alpha value is -7.94. The second kappa shape index (κ2) is 47.3. The van der Waals surface area contributed by atoms with Gasteiger partial charge in [0.15, 0.2) is 45.4 Å². The van der Waals surface area contributed by atoms with Gasteiger partial charge in [0.2, 0.25) is 5.56 Å². The van der Waals surface area contributed by atoms with E-state index in [1.807, 2.05) is 0 Å². The molecule has 6 aliphatic heterocycles. The summed E-state index contributed by atoms with van der Waals surface area (Å²) in [5, 5.41) is 96.4. The summed E-state index contributed by atoms with van der Waals surface area (Å²) in [6.45, 7) is 13.9. The van der Waals surface area contributed by atoms with Crippen LogP contribution in [0.5, 0.6) is 0 Å². The molecule has 0 spiro atoms. The van der Waals surface area contributed by atoms with Crippen molar-refractivity contribution in [3.8, 4) is 24.7 Å². The first kappa shape index (κ1) is 113. The fraction of sp³-hybridized carbons (Fsp3) is 0.542. The number of anilines is 3. The third-order valence-electron chi connectivity index (χ3n) is 22.1. The summed E-state index contributed by atoms with van der Waals surface area (Å²) in [7, 11) is -1.11. The number of rotatable bonds is 37. The van der Waals surface area contributed by atoms with Gasteiger partial charge in [0.1, 0.15) is 124 Å². The molecular weight excluding hydrogens is 1980 g/mol. The lowest BCUT2D eigenvalue weighted by Crippen LogP contribution is -2.53. The van der Waals surface area contributed by atoms with Crippen molar-refractivity contribution in [3.05, 3.63) is 122 Å². The molecule has 0 aliphatic carbocycles. The number of fused-ring (bicyclic) bond motifs is 3. The number of aliphatic hydroxyl groups excluding tert-OH is 4. The number of terminal acetylenes is 2. The van der Waals surface area contributed by atoms with Gasteiger partial charge in [0.25, 0.3) is 5.56 Å². The first-order valence-corrected chi connectivity index (χ1v) is 52.5. The molecule has 13 N–H and O–H groups in total. The van der Waals surface area contributed by atoms with Crippen LogP contribution < -0.4 is 38.2 Å². The van der Waals surface area contributed by atoms with Crippen LogP contribution in [0.1, 0.15) is 90.9 Å². The fourth-order valence-electron chi connectivity index (χ4n) is 14.8. The largest absolute Gasteiger partial charge is 0.407 e. The minimum absolute atomic E-state index is 0.0134. The van der Waals surface area contributed by atoms with E-state index in [1.54, 1.807) is 54.6 Å². The van der Waals surface area contributed by atoms with Gasteiger partial charge in [-0.3, -0.25) is 65.0 Å². The molecular formula is C83H116N18O30P4S4. The number of aromatic amines is 1.